The van der Waals surface area contributed by atoms with E-state index in [-0.39, 0.29) is 5.56 Å². The fourth-order valence-electron chi connectivity index (χ4n) is 2.41. The maximum absolute atomic E-state index is 12.5. The molecule has 124 valence electrons. The zero-order chi connectivity index (χ0) is 17.4. The zero-order valence-electron chi connectivity index (χ0n) is 13.1. The van der Waals surface area contributed by atoms with Gasteiger partial charge in [0.05, 0.1) is 11.6 Å². The molecule has 0 aliphatic carbocycles. The summed E-state index contributed by atoms with van der Waals surface area (Å²) in [6, 6.07) is 14.7. The summed E-state index contributed by atoms with van der Waals surface area (Å²) < 4.78 is 7.06. The lowest BCUT2D eigenvalue weighted by atomic mass is 10.2. The van der Waals surface area contributed by atoms with Crippen molar-refractivity contribution in [2.24, 2.45) is 0 Å². The van der Waals surface area contributed by atoms with Crippen molar-refractivity contribution in [2.45, 2.75) is 0 Å². The van der Waals surface area contributed by atoms with Crippen molar-refractivity contribution >= 4 is 34.0 Å². The summed E-state index contributed by atoms with van der Waals surface area (Å²) >= 11 is 7.20. The molecule has 2 heterocycles. The van der Waals surface area contributed by atoms with E-state index in [0.29, 0.717) is 20.3 Å². The second-order valence-corrected chi connectivity index (χ2v) is 6.77. The predicted octanol–water partition coefficient (Wildman–Crippen LogP) is 3.03. The Morgan fingerprint density at radius 3 is 2.48 bits per heavy atom. The number of aromatic nitrogens is 3. The molecule has 0 radical (unpaired) electrons. The number of halogens is 1. The number of ether oxygens (including phenoxy) is 1. The van der Waals surface area contributed by atoms with E-state index in [1.807, 2.05) is 42.5 Å². The summed E-state index contributed by atoms with van der Waals surface area (Å²) in [6.45, 7) is 0. The van der Waals surface area contributed by atoms with Gasteiger partial charge in [-0.1, -0.05) is 35.1 Å². The molecule has 7 heteroatoms. The molecule has 0 saturated heterocycles. The quantitative estimate of drug-likeness (QED) is 0.557. The molecule has 0 aliphatic rings. The molecule has 0 N–H and O–H groups in total. The summed E-state index contributed by atoms with van der Waals surface area (Å²) in [6.07, 6.45) is 1.82. The minimum Gasteiger partial charge on any atom is -0.497 e. The van der Waals surface area contributed by atoms with Gasteiger partial charge in [-0.2, -0.15) is 9.50 Å². The van der Waals surface area contributed by atoms with Crippen LogP contribution < -0.4 is 14.8 Å². The van der Waals surface area contributed by atoms with Gasteiger partial charge in [0.2, 0.25) is 4.96 Å². The molecule has 0 fully saturated rings. The fourth-order valence-corrected chi connectivity index (χ4v) is 3.44. The van der Waals surface area contributed by atoms with Crippen molar-refractivity contribution < 1.29 is 4.74 Å². The number of rotatable bonds is 3. The van der Waals surface area contributed by atoms with Gasteiger partial charge in [-0.15, -0.1) is 5.10 Å². The lowest BCUT2D eigenvalue weighted by Crippen LogP contribution is -2.23. The lowest BCUT2D eigenvalue weighted by molar-refractivity contribution is 0.415. The van der Waals surface area contributed by atoms with E-state index in [4.69, 9.17) is 16.3 Å². The fraction of sp³-hybridized carbons (Fsp3) is 0.0556. The molecule has 5 nitrogen and oxygen atoms in total. The third-order valence-corrected chi connectivity index (χ3v) is 4.91. The number of thiazole rings is 1. The Bertz CT molecular complexity index is 1150. The zero-order valence-corrected chi connectivity index (χ0v) is 14.7. The van der Waals surface area contributed by atoms with Gasteiger partial charge in [-0.3, -0.25) is 4.79 Å². The van der Waals surface area contributed by atoms with Crippen molar-refractivity contribution in [1.29, 1.82) is 0 Å². The first-order valence-electron chi connectivity index (χ1n) is 7.45. The first-order chi connectivity index (χ1) is 12.1. The number of nitrogens with zero attached hydrogens (tertiary/aromatic N) is 3. The Hall–Kier alpha value is -2.70. The third-order valence-electron chi connectivity index (χ3n) is 3.70. The van der Waals surface area contributed by atoms with Crippen LogP contribution in [0.4, 0.5) is 0 Å². The number of methoxy groups -OCH3 is 1. The molecule has 0 unspecified atom stereocenters. The van der Waals surface area contributed by atoms with Gasteiger partial charge in [0.1, 0.15) is 5.75 Å². The summed E-state index contributed by atoms with van der Waals surface area (Å²) in [7, 11) is 1.62. The third kappa shape index (κ3) is 3.01. The van der Waals surface area contributed by atoms with E-state index in [0.717, 1.165) is 16.9 Å². The van der Waals surface area contributed by atoms with E-state index in [9.17, 15) is 4.79 Å². The maximum Gasteiger partial charge on any atom is 0.291 e. The molecule has 0 atom stereocenters. The van der Waals surface area contributed by atoms with Crippen molar-refractivity contribution in [3.05, 3.63) is 74.0 Å². The predicted molar refractivity (Wildman–Crippen MR) is 99.4 cm³/mol. The summed E-state index contributed by atoms with van der Waals surface area (Å²) in [5.41, 5.74) is 1.56. The minimum atomic E-state index is -0.177. The molecule has 0 spiro atoms. The van der Waals surface area contributed by atoms with Crippen LogP contribution in [0.2, 0.25) is 5.02 Å². The van der Waals surface area contributed by atoms with E-state index >= 15 is 0 Å². The van der Waals surface area contributed by atoms with E-state index in [1.165, 1.54) is 15.9 Å². The van der Waals surface area contributed by atoms with E-state index < -0.39 is 0 Å². The molecule has 0 bridgehead atoms. The Morgan fingerprint density at radius 2 is 1.84 bits per heavy atom. The smallest absolute Gasteiger partial charge is 0.291 e. The summed E-state index contributed by atoms with van der Waals surface area (Å²) in [5, 5.41) is 4.97. The van der Waals surface area contributed by atoms with E-state index in [2.05, 4.69) is 10.1 Å². The first-order valence-corrected chi connectivity index (χ1v) is 8.65. The molecular formula is C18H12ClN3O2S. The van der Waals surface area contributed by atoms with Crippen LogP contribution in [0.5, 0.6) is 5.75 Å². The summed E-state index contributed by atoms with van der Waals surface area (Å²) in [5.74, 6) is 1.28. The summed E-state index contributed by atoms with van der Waals surface area (Å²) in [4.78, 5) is 17.6. The van der Waals surface area contributed by atoms with Crippen molar-refractivity contribution in [3.8, 4) is 17.1 Å². The molecule has 0 saturated carbocycles. The highest BCUT2D eigenvalue weighted by atomic mass is 35.5. The van der Waals surface area contributed by atoms with Crippen molar-refractivity contribution in [3.63, 3.8) is 0 Å². The van der Waals surface area contributed by atoms with Gasteiger partial charge in [0.15, 0.2) is 5.82 Å². The minimum absolute atomic E-state index is 0.177. The molecule has 4 rings (SSSR count). The largest absolute Gasteiger partial charge is 0.497 e. The maximum atomic E-state index is 12.5. The van der Waals surface area contributed by atoms with Crippen LogP contribution in [0, 0.1) is 0 Å². The van der Waals surface area contributed by atoms with Gasteiger partial charge >= 0.3 is 0 Å². The highest BCUT2D eigenvalue weighted by Gasteiger charge is 2.11. The van der Waals surface area contributed by atoms with Crippen molar-refractivity contribution in [2.75, 3.05) is 7.11 Å². The standard InChI is InChI=1S/C18H12ClN3O2S/c1-24-14-8-2-11(3-9-14)10-15-17(23)22-18(25-15)20-16(21-22)12-4-6-13(19)7-5-12/h2-10H,1H3/b15-10+. The Morgan fingerprint density at radius 1 is 1.12 bits per heavy atom. The van der Waals surface area contributed by atoms with Crippen LogP contribution >= 0.6 is 22.9 Å². The van der Waals surface area contributed by atoms with Crippen LogP contribution in [0.25, 0.3) is 22.4 Å². The van der Waals surface area contributed by atoms with Crippen LogP contribution in [-0.2, 0) is 0 Å². The Labute approximate surface area is 151 Å². The van der Waals surface area contributed by atoms with Crippen LogP contribution in [0.3, 0.4) is 0 Å². The van der Waals surface area contributed by atoms with Gasteiger partial charge < -0.3 is 4.74 Å². The van der Waals surface area contributed by atoms with Gasteiger partial charge in [0, 0.05) is 10.6 Å². The van der Waals surface area contributed by atoms with Gasteiger partial charge in [-0.05, 0) is 48.0 Å². The average molecular weight is 370 g/mol. The number of fused-ring (bicyclic) bond motifs is 1. The molecule has 25 heavy (non-hydrogen) atoms. The number of benzene rings is 2. The highest BCUT2D eigenvalue weighted by molar-refractivity contribution is 7.15. The van der Waals surface area contributed by atoms with Crippen molar-refractivity contribution in [1.82, 2.24) is 14.6 Å². The molecule has 2 aromatic carbocycles. The van der Waals surface area contributed by atoms with Gasteiger partial charge in [0.25, 0.3) is 5.56 Å². The van der Waals surface area contributed by atoms with Gasteiger partial charge in [-0.25, -0.2) is 0 Å². The Balaban J connectivity index is 1.76. The molecule has 0 amide bonds. The lowest BCUT2D eigenvalue weighted by Gasteiger charge is -1.98. The average Bonchev–Trinajstić information content (AvgIpc) is 3.16. The first kappa shape index (κ1) is 15.8. The monoisotopic (exact) mass is 369 g/mol. The second-order valence-electron chi connectivity index (χ2n) is 5.33. The highest BCUT2D eigenvalue weighted by Crippen LogP contribution is 2.19. The topological polar surface area (TPSA) is 56.5 Å². The van der Waals surface area contributed by atoms with Crippen LogP contribution in [0.15, 0.2) is 53.3 Å². The molecule has 4 aromatic rings. The SMILES string of the molecule is COc1ccc(/C=c2/sc3nc(-c4ccc(Cl)cc4)nn3c2=O)cc1. The normalized spacial score (nSPS) is 12.0. The Kier molecular flexibility index (Phi) is 3.99. The molecule has 2 aromatic heterocycles. The van der Waals surface area contributed by atoms with Crippen LogP contribution in [0.1, 0.15) is 5.56 Å². The molecular weight excluding hydrogens is 358 g/mol. The van der Waals surface area contributed by atoms with Crippen LogP contribution in [-0.4, -0.2) is 21.7 Å². The number of hydrogen-bond donors (Lipinski definition) is 0. The van der Waals surface area contributed by atoms with E-state index in [1.54, 1.807) is 19.2 Å². The number of hydrogen-bond acceptors (Lipinski definition) is 5. The second kappa shape index (κ2) is 6.31. The molecule has 0 aliphatic heterocycles.